The van der Waals surface area contributed by atoms with Crippen molar-refractivity contribution in [2.24, 2.45) is 0 Å². The molecule has 2 unspecified atom stereocenters. The first kappa shape index (κ1) is 24.4. The quantitative estimate of drug-likeness (QED) is 0.546. The van der Waals surface area contributed by atoms with Gasteiger partial charge >= 0.3 is 5.97 Å². The van der Waals surface area contributed by atoms with E-state index in [0.717, 1.165) is 16.4 Å². The van der Waals surface area contributed by atoms with Crippen molar-refractivity contribution in [3.63, 3.8) is 0 Å². The third-order valence-electron chi connectivity index (χ3n) is 5.32. The summed E-state index contributed by atoms with van der Waals surface area (Å²) in [5, 5.41) is 8.93. The van der Waals surface area contributed by atoms with Crippen molar-refractivity contribution in [1.29, 1.82) is 5.26 Å². The molecule has 1 aliphatic rings. The molecule has 33 heavy (non-hydrogen) atoms. The van der Waals surface area contributed by atoms with Crippen molar-refractivity contribution in [1.82, 2.24) is 4.31 Å². The predicted octanol–water partition coefficient (Wildman–Crippen LogP) is 2.86. The first-order valence-electron chi connectivity index (χ1n) is 10.5. The van der Waals surface area contributed by atoms with Gasteiger partial charge in [-0.15, -0.1) is 0 Å². The van der Waals surface area contributed by atoms with Crippen LogP contribution >= 0.6 is 0 Å². The lowest BCUT2D eigenvalue weighted by Gasteiger charge is -2.27. The highest BCUT2D eigenvalue weighted by Crippen LogP contribution is 2.28. The largest absolute Gasteiger partial charge is 0.451 e. The number of benzene rings is 2. The van der Waals surface area contributed by atoms with E-state index in [9.17, 15) is 22.4 Å². The highest BCUT2D eigenvalue weighted by molar-refractivity contribution is 7.89. The van der Waals surface area contributed by atoms with Gasteiger partial charge in [0.2, 0.25) is 10.0 Å². The number of esters is 1. The van der Waals surface area contributed by atoms with E-state index in [2.05, 4.69) is 0 Å². The molecule has 0 N–H and O–H groups in total. The fourth-order valence-electron chi connectivity index (χ4n) is 3.70. The number of para-hydroxylation sites is 1. The lowest BCUT2D eigenvalue weighted by molar-refractivity contribution is -0.157. The molecule has 1 saturated heterocycles. The molecule has 1 fully saturated rings. The summed E-state index contributed by atoms with van der Waals surface area (Å²) in [5.74, 6) is -2.32. The van der Waals surface area contributed by atoms with Crippen LogP contribution in [0.4, 0.5) is 10.1 Å². The molecule has 3 rings (SSSR count). The summed E-state index contributed by atoms with van der Waals surface area (Å²) < 4.78 is 46.4. The van der Waals surface area contributed by atoms with E-state index in [1.165, 1.54) is 24.0 Å². The van der Waals surface area contributed by atoms with Gasteiger partial charge in [-0.05, 0) is 44.0 Å². The minimum Gasteiger partial charge on any atom is -0.451 e. The van der Waals surface area contributed by atoms with Crippen LogP contribution in [0.25, 0.3) is 0 Å². The maximum atomic E-state index is 14.1. The van der Waals surface area contributed by atoms with Gasteiger partial charge in [0.25, 0.3) is 5.91 Å². The number of hydrogen-bond acceptors (Lipinski definition) is 6. The molecule has 1 heterocycles. The average Bonchev–Trinajstić information content (AvgIpc) is 3.31. The predicted molar refractivity (Wildman–Crippen MR) is 118 cm³/mol. The zero-order chi connectivity index (χ0) is 24.0. The van der Waals surface area contributed by atoms with Crippen LogP contribution in [0.15, 0.2) is 59.5 Å². The van der Waals surface area contributed by atoms with Crippen LogP contribution in [0.1, 0.15) is 26.2 Å². The average molecular weight is 474 g/mol. The highest BCUT2D eigenvalue weighted by atomic mass is 32.2. The second-order valence-corrected chi connectivity index (χ2v) is 9.38. The van der Waals surface area contributed by atoms with Crippen LogP contribution in [-0.2, 0) is 24.3 Å². The lowest BCUT2D eigenvalue weighted by Crippen LogP contribution is -2.45. The molecule has 0 saturated carbocycles. The van der Waals surface area contributed by atoms with Crippen LogP contribution in [0.2, 0.25) is 0 Å². The topological polar surface area (TPSA) is 108 Å². The molecule has 0 radical (unpaired) electrons. The number of sulfonamides is 1. The molecule has 2 atom stereocenters. The molecule has 2 aromatic carbocycles. The number of carbonyl (C=O) groups is 2. The number of amides is 1. The van der Waals surface area contributed by atoms with Crippen molar-refractivity contribution in [3.05, 3.63) is 60.4 Å². The van der Waals surface area contributed by atoms with Gasteiger partial charge in [0.15, 0.2) is 6.10 Å². The van der Waals surface area contributed by atoms with Gasteiger partial charge in [-0.2, -0.15) is 9.57 Å². The number of anilines is 1. The van der Waals surface area contributed by atoms with Crippen molar-refractivity contribution in [2.45, 2.75) is 43.2 Å². The van der Waals surface area contributed by atoms with E-state index in [1.807, 2.05) is 6.07 Å². The van der Waals surface area contributed by atoms with Crippen LogP contribution in [-0.4, -0.2) is 49.8 Å². The zero-order valence-corrected chi connectivity index (χ0v) is 18.9. The zero-order valence-electron chi connectivity index (χ0n) is 18.1. The van der Waals surface area contributed by atoms with E-state index in [0.29, 0.717) is 12.1 Å². The minimum atomic E-state index is -4.26. The number of nitrogens with zero attached hydrogens (tertiary/aromatic N) is 3. The van der Waals surface area contributed by atoms with E-state index < -0.39 is 44.8 Å². The monoisotopic (exact) mass is 473 g/mol. The summed E-state index contributed by atoms with van der Waals surface area (Å²) in [6.45, 7) is 1.54. The minimum absolute atomic E-state index is 0.0388. The van der Waals surface area contributed by atoms with Gasteiger partial charge in [0, 0.05) is 18.8 Å². The smallest absolute Gasteiger partial charge is 0.325 e. The standard InChI is InChI=1S/C23H24FN3O5S/c1-17(22(28)26(15-8-14-25)18-9-3-2-4-10-18)32-23(29)20-12-7-16-27(20)33(30,31)21-13-6-5-11-19(21)24/h2-6,9-11,13,17,20H,7-8,12,15-16H2,1H3. The Morgan fingerprint density at radius 1 is 1.21 bits per heavy atom. The molecule has 8 nitrogen and oxygen atoms in total. The van der Waals surface area contributed by atoms with E-state index >= 15 is 0 Å². The normalized spacial score (nSPS) is 17.2. The van der Waals surface area contributed by atoms with E-state index in [4.69, 9.17) is 10.00 Å². The Kier molecular flexibility index (Phi) is 7.79. The second-order valence-electron chi connectivity index (χ2n) is 7.52. The Morgan fingerprint density at radius 3 is 2.55 bits per heavy atom. The van der Waals surface area contributed by atoms with Crippen molar-refractivity contribution < 1.29 is 27.1 Å². The van der Waals surface area contributed by atoms with Gasteiger partial charge in [-0.1, -0.05) is 30.3 Å². The summed E-state index contributed by atoms with van der Waals surface area (Å²) in [6, 6.07) is 14.4. The molecule has 2 aromatic rings. The first-order valence-corrected chi connectivity index (χ1v) is 11.9. The van der Waals surface area contributed by atoms with Gasteiger partial charge in [0.1, 0.15) is 16.8 Å². The second kappa shape index (κ2) is 10.6. The Hall–Kier alpha value is -3.29. The summed E-state index contributed by atoms with van der Waals surface area (Å²) in [4.78, 5) is 26.7. The molecule has 0 aromatic heterocycles. The van der Waals surface area contributed by atoms with Crippen molar-refractivity contribution in [3.8, 4) is 6.07 Å². The van der Waals surface area contributed by atoms with Crippen LogP contribution in [0, 0.1) is 17.1 Å². The van der Waals surface area contributed by atoms with E-state index in [1.54, 1.807) is 30.3 Å². The van der Waals surface area contributed by atoms with Crippen molar-refractivity contribution >= 4 is 27.6 Å². The summed E-state index contributed by atoms with van der Waals surface area (Å²) in [5.41, 5.74) is 0.547. The van der Waals surface area contributed by atoms with E-state index in [-0.39, 0.29) is 25.9 Å². The number of nitriles is 1. The molecular weight excluding hydrogens is 449 g/mol. The van der Waals surface area contributed by atoms with Crippen LogP contribution < -0.4 is 4.90 Å². The lowest BCUT2D eigenvalue weighted by atomic mass is 10.2. The first-order chi connectivity index (χ1) is 15.8. The summed E-state index contributed by atoms with van der Waals surface area (Å²) in [7, 11) is -4.26. The Balaban J connectivity index is 1.76. The number of carbonyl (C=O) groups excluding carboxylic acids is 2. The van der Waals surface area contributed by atoms with Crippen LogP contribution in [0.3, 0.4) is 0 Å². The van der Waals surface area contributed by atoms with Gasteiger partial charge in [-0.25, -0.2) is 12.8 Å². The Bertz CT molecular complexity index is 1150. The molecular formula is C23H24FN3O5S. The maximum absolute atomic E-state index is 14.1. The SMILES string of the molecule is CC(OC(=O)C1CCCN1S(=O)(=O)c1ccccc1F)C(=O)N(CCC#N)c1ccccc1. The number of hydrogen-bond donors (Lipinski definition) is 0. The summed E-state index contributed by atoms with van der Waals surface area (Å²) in [6.07, 6.45) is -0.535. The molecule has 174 valence electrons. The fourth-order valence-corrected chi connectivity index (χ4v) is 5.42. The molecule has 0 spiro atoms. The number of ether oxygens (including phenoxy) is 1. The highest BCUT2D eigenvalue weighted by Gasteiger charge is 2.42. The molecule has 10 heteroatoms. The summed E-state index contributed by atoms with van der Waals surface area (Å²) >= 11 is 0. The Labute approximate surface area is 192 Å². The third kappa shape index (κ3) is 5.38. The fraction of sp³-hybridized carbons (Fsp3) is 0.348. The van der Waals surface area contributed by atoms with Gasteiger partial charge in [0.05, 0.1) is 12.5 Å². The molecule has 0 bridgehead atoms. The molecule has 1 aliphatic heterocycles. The molecule has 1 amide bonds. The maximum Gasteiger partial charge on any atom is 0.325 e. The third-order valence-corrected chi connectivity index (χ3v) is 7.26. The number of halogens is 1. The van der Waals surface area contributed by atoms with Gasteiger partial charge < -0.3 is 9.64 Å². The van der Waals surface area contributed by atoms with Gasteiger partial charge in [-0.3, -0.25) is 9.59 Å². The van der Waals surface area contributed by atoms with Crippen molar-refractivity contribution in [2.75, 3.05) is 18.0 Å². The Morgan fingerprint density at radius 2 is 1.88 bits per heavy atom. The number of rotatable bonds is 8. The molecule has 0 aliphatic carbocycles. The van der Waals surface area contributed by atoms with Crippen LogP contribution in [0.5, 0.6) is 0 Å².